The molecule has 0 saturated carbocycles. The molecule has 0 aliphatic carbocycles. The Morgan fingerprint density at radius 3 is 2.69 bits per heavy atom. The molecule has 13 heavy (non-hydrogen) atoms. The van der Waals surface area contributed by atoms with Gasteiger partial charge in [0.05, 0.1) is 0 Å². The maximum absolute atomic E-state index is 4.50. The minimum Gasteiger partial charge on any atom is -0.429 e. The van der Waals surface area contributed by atoms with Crippen molar-refractivity contribution in [1.29, 1.82) is 0 Å². The molecule has 0 bridgehead atoms. The third-order valence-corrected chi connectivity index (χ3v) is 2.54. The third kappa shape index (κ3) is 5.24. The zero-order valence-corrected chi connectivity index (χ0v) is 8.76. The highest BCUT2D eigenvalue weighted by Crippen LogP contribution is 1.83. The molecule has 1 saturated heterocycles. The molecule has 0 amide bonds. The molecule has 0 unspecified atom stereocenters. The summed E-state index contributed by atoms with van der Waals surface area (Å²) >= 11 is 0. The van der Waals surface area contributed by atoms with Gasteiger partial charge in [-0.05, 0) is 6.42 Å². The lowest BCUT2D eigenvalue weighted by molar-refractivity contribution is -0.912. The lowest BCUT2D eigenvalue weighted by atomic mass is 10.4. The van der Waals surface area contributed by atoms with Crippen LogP contribution < -0.4 is 4.90 Å². The van der Waals surface area contributed by atoms with Crippen molar-refractivity contribution in [2.75, 3.05) is 46.1 Å². The molecule has 1 rings (SSSR count). The lowest BCUT2D eigenvalue weighted by Gasteiger charge is -2.19. The van der Waals surface area contributed by atoms with E-state index in [0.29, 0.717) is 0 Å². The van der Waals surface area contributed by atoms with Crippen LogP contribution in [0.25, 0.3) is 0 Å². The molecule has 3 heteroatoms. The van der Waals surface area contributed by atoms with Gasteiger partial charge in [0.25, 0.3) is 0 Å². The SMILES string of the molecule is CCCC[OH+]CC[NH+]1CC[OH+]CC1. The van der Waals surface area contributed by atoms with Crippen LogP contribution in [-0.4, -0.2) is 55.5 Å². The Balaban J connectivity index is 1.86. The molecule has 0 aromatic rings. The van der Waals surface area contributed by atoms with Crippen LogP contribution in [0.2, 0.25) is 0 Å². The summed E-state index contributed by atoms with van der Waals surface area (Å²) < 4.78 is 8.84. The van der Waals surface area contributed by atoms with Gasteiger partial charge in [-0.15, -0.1) is 0 Å². The first kappa shape index (κ1) is 11.0. The highest BCUT2D eigenvalue weighted by molar-refractivity contribution is 4.38. The lowest BCUT2D eigenvalue weighted by Crippen LogP contribution is -3.14. The smallest absolute Gasteiger partial charge is 0.194 e. The predicted molar refractivity (Wildman–Crippen MR) is 54.4 cm³/mol. The number of rotatable bonds is 6. The minimum atomic E-state index is 1.05. The Hall–Kier alpha value is -0.120. The van der Waals surface area contributed by atoms with Gasteiger partial charge in [0, 0.05) is 6.42 Å². The summed E-state index contributed by atoms with van der Waals surface area (Å²) in [5.74, 6) is 0. The number of unbranched alkanes of at least 4 members (excludes halogenated alkanes) is 1. The van der Waals surface area contributed by atoms with Gasteiger partial charge >= 0.3 is 0 Å². The van der Waals surface area contributed by atoms with E-state index in [9.17, 15) is 0 Å². The van der Waals surface area contributed by atoms with E-state index in [4.69, 9.17) is 0 Å². The van der Waals surface area contributed by atoms with Crippen LogP contribution in [0.15, 0.2) is 0 Å². The first-order valence-corrected chi connectivity index (χ1v) is 5.53. The number of hydrogen-bond donors (Lipinski definition) is 1. The Labute approximate surface area is 81.0 Å². The van der Waals surface area contributed by atoms with Crippen molar-refractivity contribution in [1.82, 2.24) is 0 Å². The van der Waals surface area contributed by atoms with Crippen molar-refractivity contribution < 1.29 is 14.4 Å². The number of morpholine rings is 1. The van der Waals surface area contributed by atoms with Gasteiger partial charge in [0.15, 0.2) is 19.8 Å². The summed E-state index contributed by atoms with van der Waals surface area (Å²) in [5.41, 5.74) is 0. The standard InChI is InChI=1S/C10H21NO2/c1-2-3-7-12-8-4-11-5-9-13-10-6-11/h2-10H2,1H3/p+3. The van der Waals surface area contributed by atoms with Gasteiger partial charge in [-0.1, -0.05) is 6.92 Å². The minimum absolute atomic E-state index is 1.05. The second-order valence-corrected chi connectivity index (χ2v) is 3.70. The fourth-order valence-corrected chi connectivity index (χ4v) is 1.58. The van der Waals surface area contributed by atoms with E-state index in [1.807, 2.05) is 0 Å². The van der Waals surface area contributed by atoms with E-state index >= 15 is 0 Å². The summed E-state index contributed by atoms with van der Waals surface area (Å²) in [5, 5.41) is 0. The molecule has 1 aliphatic rings. The number of ether oxygens (including phenoxy) is 2. The largest absolute Gasteiger partial charge is 0.429 e. The first-order chi connectivity index (χ1) is 6.43. The third-order valence-electron chi connectivity index (χ3n) is 2.54. The van der Waals surface area contributed by atoms with Crippen LogP contribution in [0, 0.1) is 0 Å². The Morgan fingerprint density at radius 2 is 2.00 bits per heavy atom. The first-order valence-electron chi connectivity index (χ1n) is 5.53. The average molecular weight is 190 g/mol. The molecule has 0 radical (unpaired) electrons. The zero-order chi connectivity index (χ0) is 9.36. The monoisotopic (exact) mass is 190 g/mol. The van der Waals surface area contributed by atoms with E-state index in [0.717, 1.165) is 26.4 Å². The second kappa shape index (κ2) is 7.30. The second-order valence-electron chi connectivity index (χ2n) is 3.70. The summed E-state index contributed by atoms with van der Waals surface area (Å²) in [6.45, 7) is 10.1. The number of quaternary nitrogens is 1. The Bertz CT molecular complexity index is 113. The molecule has 0 atom stereocenters. The molecule has 1 aliphatic heterocycles. The van der Waals surface area contributed by atoms with Crippen LogP contribution in [-0.2, 0) is 0 Å². The summed E-state index contributed by atoms with van der Waals surface area (Å²) in [6.07, 6.45) is 2.52. The number of aliphatic hydroxyl groups is 4. The van der Waals surface area contributed by atoms with Gasteiger partial charge in [-0.2, -0.15) is 0 Å². The van der Waals surface area contributed by atoms with Crippen molar-refractivity contribution in [3.8, 4) is 0 Å². The highest BCUT2D eigenvalue weighted by atomic mass is 16.5. The molecule has 0 aromatic heterocycles. The quantitative estimate of drug-likeness (QED) is 0.400. The maximum atomic E-state index is 4.50. The van der Waals surface area contributed by atoms with E-state index in [1.165, 1.54) is 32.5 Å². The van der Waals surface area contributed by atoms with Gasteiger partial charge in [0.2, 0.25) is 0 Å². The van der Waals surface area contributed by atoms with Crippen LogP contribution in [0.3, 0.4) is 0 Å². The van der Waals surface area contributed by atoms with E-state index in [-0.39, 0.29) is 0 Å². The van der Waals surface area contributed by atoms with E-state index in [1.54, 1.807) is 4.90 Å². The molecule has 3 N–H and O–H groups in total. The molecule has 1 heterocycles. The number of nitrogens with one attached hydrogen (secondary N) is 1. The van der Waals surface area contributed by atoms with Crippen LogP contribution in [0.5, 0.6) is 0 Å². The summed E-state index contributed by atoms with van der Waals surface area (Å²) in [6, 6.07) is 0. The van der Waals surface area contributed by atoms with Crippen molar-refractivity contribution in [3.05, 3.63) is 0 Å². The van der Waals surface area contributed by atoms with Gasteiger partial charge in [-0.3, -0.25) is 0 Å². The van der Waals surface area contributed by atoms with Crippen LogP contribution >= 0.6 is 0 Å². The molecule has 1 fully saturated rings. The van der Waals surface area contributed by atoms with E-state index < -0.39 is 0 Å². The van der Waals surface area contributed by atoms with Gasteiger partial charge in [-0.25, -0.2) is 0 Å². The molecule has 0 aromatic carbocycles. The molecular weight excluding hydrogens is 166 g/mol. The predicted octanol–water partition coefficient (Wildman–Crippen LogP) is -1.26. The van der Waals surface area contributed by atoms with Crippen molar-refractivity contribution in [2.24, 2.45) is 0 Å². The zero-order valence-electron chi connectivity index (χ0n) is 8.76. The Morgan fingerprint density at radius 1 is 1.23 bits per heavy atom. The fourth-order valence-electron chi connectivity index (χ4n) is 1.58. The molecule has 78 valence electrons. The van der Waals surface area contributed by atoms with Crippen LogP contribution in [0.1, 0.15) is 19.8 Å². The summed E-state index contributed by atoms with van der Waals surface area (Å²) in [7, 11) is 0. The van der Waals surface area contributed by atoms with E-state index in [2.05, 4.69) is 16.4 Å². The van der Waals surface area contributed by atoms with Crippen molar-refractivity contribution in [2.45, 2.75) is 19.8 Å². The van der Waals surface area contributed by atoms with Crippen molar-refractivity contribution >= 4 is 0 Å². The highest BCUT2D eigenvalue weighted by Gasteiger charge is 2.16. The molecule has 0 spiro atoms. The van der Waals surface area contributed by atoms with Gasteiger partial charge in [0.1, 0.15) is 26.2 Å². The van der Waals surface area contributed by atoms with Crippen molar-refractivity contribution in [3.63, 3.8) is 0 Å². The maximum Gasteiger partial charge on any atom is 0.194 e. The Kier molecular flexibility index (Phi) is 6.15. The summed E-state index contributed by atoms with van der Waals surface area (Å²) in [4.78, 5) is 1.69. The topological polar surface area (TPSA) is 30.0 Å². The average Bonchev–Trinajstić information content (AvgIpc) is 2.19. The number of hydrogen-bond acceptors (Lipinski definition) is 0. The van der Waals surface area contributed by atoms with Crippen LogP contribution in [0.4, 0.5) is 0 Å². The van der Waals surface area contributed by atoms with Gasteiger partial charge < -0.3 is 14.4 Å². The fraction of sp³-hybridized carbons (Fsp3) is 1.00. The molecule has 3 nitrogen and oxygen atoms in total. The normalized spacial score (nSPS) is 19.2. The molecular formula is C10H24NO2+3.